The Labute approximate surface area is 114 Å². The molecule has 1 rings (SSSR count). The number of hydrogen-bond acceptors (Lipinski definition) is 3. The molecule has 0 saturated heterocycles. The molecule has 1 aromatic carbocycles. The molecule has 4 heteroatoms. The number of nitrogens with one attached hydrogen (secondary N) is 1. The average Bonchev–Trinajstić information content (AvgIpc) is 2.37. The van der Waals surface area contributed by atoms with Gasteiger partial charge in [0.15, 0.2) is 0 Å². The van der Waals surface area contributed by atoms with Gasteiger partial charge in [0.1, 0.15) is 11.9 Å². The van der Waals surface area contributed by atoms with Crippen LogP contribution >= 0.6 is 0 Å². The first kappa shape index (κ1) is 15.6. The zero-order chi connectivity index (χ0) is 14.6. The molecule has 0 aliphatic rings. The van der Waals surface area contributed by atoms with Crippen LogP contribution in [0, 0.1) is 18.7 Å². The minimum Gasteiger partial charge on any atom is -0.468 e. The van der Waals surface area contributed by atoms with Gasteiger partial charge in [0.05, 0.1) is 7.11 Å². The lowest BCUT2D eigenvalue weighted by Crippen LogP contribution is -2.43. The Morgan fingerprint density at radius 2 is 1.95 bits per heavy atom. The second kappa shape index (κ2) is 6.66. The van der Waals surface area contributed by atoms with Crippen LogP contribution in [0.4, 0.5) is 4.39 Å². The summed E-state index contributed by atoms with van der Waals surface area (Å²) in [5.74, 6) is -0.426. The standard InChI is InChI=1S/C15H22FNO2/c1-9(2)14(15(18)19-5)17-11(4)12-7-6-10(3)13(16)8-12/h6-9,11,14,17H,1-5H3. The molecule has 19 heavy (non-hydrogen) atoms. The molecular formula is C15H22FNO2. The fraction of sp³-hybridized carbons (Fsp3) is 0.533. The quantitative estimate of drug-likeness (QED) is 0.833. The van der Waals surface area contributed by atoms with Crippen molar-refractivity contribution in [1.82, 2.24) is 5.32 Å². The van der Waals surface area contributed by atoms with Gasteiger partial charge in [-0.3, -0.25) is 10.1 Å². The fourth-order valence-electron chi connectivity index (χ4n) is 1.90. The van der Waals surface area contributed by atoms with Crippen molar-refractivity contribution in [2.24, 2.45) is 5.92 Å². The van der Waals surface area contributed by atoms with Gasteiger partial charge in [0.2, 0.25) is 0 Å². The van der Waals surface area contributed by atoms with E-state index in [-0.39, 0.29) is 23.7 Å². The Hall–Kier alpha value is -1.42. The summed E-state index contributed by atoms with van der Waals surface area (Å²) in [6.07, 6.45) is 0. The summed E-state index contributed by atoms with van der Waals surface area (Å²) in [6.45, 7) is 7.51. The van der Waals surface area contributed by atoms with Gasteiger partial charge in [-0.2, -0.15) is 0 Å². The number of benzene rings is 1. The maximum absolute atomic E-state index is 13.5. The van der Waals surface area contributed by atoms with E-state index in [1.54, 1.807) is 13.0 Å². The summed E-state index contributed by atoms with van der Waals surface area (Å²) in [6, 6.07) is 4.59. The van der Waals surface area contributed by atoms with Crippen LogP contribution in [-0.4, -0.2) is 19.1 Å². The molecule has 0 fully saturated rings. The summed E-state index contributed by atoms with van der Waals surface area (Å²) in [5, 5.41) is 3.19. The second-order valence-corrected chi connectivity index (χ2v) is 5.14. The second-order valence-electron chi connectivity index (χ2n) is 5.14. The molecule has 0 aliphatic heterocycles. The van der Waals surface area contributed by atoms with E-state index >= 15 is 0 Å². The average molecular weight is 267 g/mol. The van der Waals surface area contributed by atoms with E-state index in [9.17, 15) is 9.18 Å². The van der Waals surface area contributed by atoms with Crippen LogP contribution in [0.1, 0.15) is 37.9 Å². The fourth-order valence-corrected chi connectivity index (χ4v) is 1.90. The third kappa shape index (κ3) is 4.03. The summed E-state index contributed by atoms with van der Waals surface area (Å²) >= 11 is 0. The third-order valence-corrected chi connectivity index (χ3v) is 3.25. The van der Waals surface area contributed by atoms with Crippen LogP contribution in [-0.2, 0) is 9.53 Å². The number of methoxy groups -OCH3 is 1. The molecule has 0 bridgehead atoms. The molecule has 106 valence electrons. The molecule has 0 aliphatic carbocycles. The first-order valence-electron chi connectivity index (χ1n) is 6.46. The van der Waals surface area contributed by atoms with Gasteiger partial charge in [-0.1, -0.05) is 26.0 Å². The zero-order valence-corrected chi connectivity index (χ0v) is 12.2. The van der Waals surface area contributed by atoms with Crippen molar-refractivity contribution in [2.75, 3.05) is 7.11 Å². The molecular weight excluding hydrogens is 245 g/mol. The van der Waals surface area contributed by atoms with E-state index < -0.39 is 6.04 Å². The highest BCUT2D eigenvalue weighted by atomic mass is 19.1. The largest absolute Gasteiger partial charge is 0.468 e. The number of aryl methyl sites for hydroxylation is 1. The Balaban J connectivity index is 2.84. The van der Waals surface area contributed by atoms with E-state index in [2.05, 4.69) is 5.32 Å². The zero-order valence-electron chi connectivity index (χ0n) is 12.2. The maximum Gasteiger partial charge on any atom is 0.323 e. The van der Waals surface area contributed by atoms with E-state index in [1.165, 1.54) is 13.2 Å². The van der Waals surface area contributed by atoms with Gasteiger partial charge in [-0.25, -0.2) is 4.39 Å². The number of hydrogen-bond donors (Lipinski definition) is 1. The highest BCUT2D eigenvalue weighted by Crippen LogP contribution is 2.18. The lowest BCUT2D eigenvalue weighted by atomic mass is 10.0. The SMILES string of the molecule is COC(=O)C(NC(C)c1ccc(C)c(F)c1)C(C)C. The number of rotatable bonds is 5. The van der Waals surface area contributed by atoms with Crippen molar-refractivity contribution in [1.29, 1.82) is 0 Å². The normalized spacial score (nSPS) is 14.3. The Morgan fingerprint density at radius 1 is 1.32 bits per heavy atom. The van der Waals surface area contributed by atoms with Crippen molar-refractivity contribution < 1.29 is 13.9 Å². The van der Waals surface area contributed by atoms with E-state index in [0.717, 1.165) is 5.56 Å². The van der Waals surface area contributed by atoms with Gasteiger partial charge in [0.25, 0.3) is 0 Å². The van der Waals surface area contributed by atoms with Gasteiger partial charge in [0, 0.05) is 6.04 Å². The predicted molar refractivity (Wildman–Crippen MR) is 73.3 cm³/mol. The third-order valence-electron chi connectivity index (χ3n) is 3.25. The van der Waals surface area contributed by atoms with Crippen LogP contribution in [0.15, 0.2) is 18.2 Å². The molecule has 1 aromatic rings. The lowest BCUT2D eigenvalue weighted by molar-refractivity contribution is -0.144. The van der Waals surface area contributed by atoms with Gasteiger partial charge in [-0.15, -0.1) is 0 Å². The summed E-state index contributed by atoms with van der Waals surface area (Å²) in [7, 11) is 1.37. The molecule has 1 N–H and O–H groups in total. The van der Waals surface area contributed by atoms with Crippen molar-refractivity contribution in [3.63, 3.8) is 0 Å². The summed E-state index contributed by atoms with van der Waals surface area (Å²) in [5.41, 5.74) is 1.43. The molecule has 0 amide bonds. The highest BCUT2D eigenvalue weighted by molar-refractivity contribution is 5.76. The Kier molecular flexibility index (Phi) is 5.48. The molecule has 0 spiro atoms. The molecule has 2 unspecified atom stereocenters. The van der Waals surface area contributed by atoms with Crippen molar-refractivity contribution >= 4 is 5.97 Å². The summed E-state index contributed by atoms with van der Waals surface area (Å²) in [4.78, 5) is 11.7. The number of halogens is 1. The molecule has 0 radical (unpaired) electrons. The van der Waals surface area contributed by atoms with Crippen LogP contribution in [0.5, 0.6) is 0 Å². The Bertz CT molecular complexity index is 446. The minimum atomic E-state index is -0.399. The Morgan fingerprint density at radius 3 is 2.42 bits per heavy atom. The van der Waals surface area contributed by atoms with Crippen molar-refractivity contribution in [3.8, 4) is 0 Å². The van der Waals surface area contributed by atoms with Crippen LogP contribution in [0.2, 0.25) is 0 Å². The van der Waals surface area contributed by atoms with E-state index in [1.807, 2.05) is 26.8 Å². The topological polar surface area (TPSA) is 38.3 Å². The number of carbonyl (C=O) groups is 1. The number of esters is 1. The van der Waals surface area contributed by atoms with Gasteiger partial charge >= 0.3 is 5.97 Å². The molecule has 0 saturated carbocycles. The monoisotopic (exact) mass is 267 g/mol. The first-order valence-corrected chi connectivity index (χ1v) is 6.46. The van der Waals surface area contributed by atoms with Crippen molar-refractivity contribution in [2.45, 2.75) is 39.8 Å². The van der Waals surface area contributed by atoms with Crippen molar-refractivity contribution in [3.05, 3.63) is 35.1 Å². The number of carbonyl (C=O) groups excluding carboxylic acids is 1. The molecule has 3 nitrogen and oxygen atoms in total. The van der Waals surface area contributed by atoms with E-state index in [4.69, 9.17) is 4.74 Å². The summed E-state index contributed by atoms with van der Waals surface area (Å²) < 4.78 is 18.3. The molecule has 0 aromatic heterocycles. The highest BCUT2D eigenvalue weighted by Gasteiger charge is 2.24. The smallest absolute Gasteiger partial charge is 0.323 e. The van der Waals surface area contributed by atoms with Gasteiger partial charge < -0.3 is 4.74 Å². The van der Waals surface area contributed by atoms with Crippen LogP contribution in [0.3, 0.4) is 0 Å². The lowest BCUT2D eigenvalue weighted by Gasteiger charge is -2.24. The predicted octanol–water partition coefficient (Wildman–Crippen LogP) is 2.98. The van der Waals surface area contributed by atoms with Crippen LogP contribution < -0.4 is 5.32 Å². The first-order chi connectivity index (χ1) is 8.86. The van der Waals surface area contributed by atoms with Crippen LogP contribution in [0.25, 0.3) is 0 Å². The maximum atomic E-state index is 13.5. The van der Waals surface area contributed by atoms with Gasteiger partial charge in [-0.05, 0) is 37.0 Å². The van der Waals surface area contributed by atoms with E-state index in [0.29, 0.717) is 5.56 Å². The molecule has 2 atom stereocenters. The molecule has 0 heterocycles. The minimum absolute atomic E-state index is 0.102. The number of ether oxygens (including phenoxy) is 1.